The molecule has 0 spiro atoms. The minimum Gasteiger partial charge on any atom is -0.375 e. The van der Waals surface area contributed by atoms with Crippen LogP contribution in [-0.4, -0.2) is 46.6 Å². The highest BCUT2D eigenvalue weighted by molar-refractivity contribution is 5.76. The summed E-state index contributed by atoms with van der Waals surface area (Å²) in [5, 5.41) is 0. The van der Waals surface area contributed by atoms with E-state index in [1.807, 2.05) is 24.0 Å². The average molecular weight is 357 g/mol. The Morgan fingerprint density at radius 2 is 2.19 bits per heavy atom. The lowest BCUT2D eigenvalue weighted by atomic mass is 10.1. The van der Waals surface area contributed by atoms with Crippen molar-refractivity contribution in [3.8, 4) is 0 Å². The molecule has 0 radical (unpaired) electrons. The van der Waals surface area contributed by atoms with Gasteiger partial charge in [-0.05, 0) is 49.9 Å². The number of nitrogens with zero attached hydrogens (tertiary/aromatic N) is 3. The Bertz CT molecular complexity index is 753. The zero-order valence-corrected chi connectivity index (χ0v) is 15.0. The summed E-state index contributed by atoms with van der Waals surface area (Å²) in [6.07, 6.45) is 4.18. The SMILES string of the molecule is Cc1cc(CCC2CN(C(=O)CCc3cccc(F)c3)CCO2)ncn1. The number of aryl methyl sites for hydroxylation is 3. The van der Waals surface area contributed by atoms with Gasteiger partial charge in [0.25, 0.3) is 0 Å². The molecule has 2 aromatic rings. The second-order valence-electron chi connectivity index (χ2n) is 6.65. The van der Waals surface area contributed by atoms with Gasteiger partial charge in [-0.1, -0.05) is 12.1 Å². The third-order valence-electron chi connectivity index (χ3n) is 4.59. The van der Waals surface area contributed by atoms with Gasteiger partial charge in [0, 0.05) is 30.9 Å². The lowest BCUT2D eigenvalue weighted by Crippen LogP contribution is -2.45. The number of amides is 1. The fourth-order valence-electron chi connectivity index (χ4n) is 3.18. The van der Waals surface area contributed by atoms with E-state index in [1.165, 1.54) is 12.1 Å². The van der Waals surface area contributed by atoms with Crippen molar-refractivity contribution >= 4 is 5.91 Å². The Hall–Kier alpha value is -2.34. The Labute approximate surface area is 153 Å². The molecule has 6 heteroatoms. The van der Waals surface area contributed by atoms with Gasteiger partial charge in [0.05, 0.1) is 12.7 Å². The number of aromatic nitrogens is 2. The molecule has 3 rings (SSSR count). The molecule has 0 N–H and O–H groups in total. The van der Waals surface area contributed by atoms with Gasteiger partial charge >= 0.3 is 0 Å². The van der Waals surface area contributed by atoms with Crippen LogP contribution in [0.15, 0.2) is 36.7 Å². The van der Waals surface area contributed by atoms with Crippen molar-refractivity contribution in [2.75, 3.05) is 19.7 Å². The second-order valence-corrected chi connectivity index (χ2v) is 6.65. The van der Waals surface area contributed by atoms with E-state index in [4.69, 9.17) is 4.74 Å². The first-order chi connectivity index (χ1) is 12.6. The number of carbonyl (C=O) groups is 1. The zero-order chi connectivity index (χ0) is 18.4. The van der Waals surface area contributed by atoms with Crippen molar-refractivity contribution in [2.24, 2.45) is 0 Å². The molecule has 1 unspecified atom stereocenters. The van der Waals surface area contributed by atoms with Crippen molar-refractivity contribution in [1.82, 2.24) is 14.9 Å². The number of hydrogen-bond acceptors (Lipinski definition) is 4. The third-order valence-corrected chi connectivity index (χ3v) is 4.59. The smallest absolute Gasteiger partial charge is 0.223 e. The van der Waals surface area contributed by atoms with E-state index in [-0.39, 0.29) is 17.8 Å². The van der Waals surface area contributed by atoms with Crippen molar-refractivity contribution < 1.29 is 13.9 Å². The van der Waals surface area contributed by atoms with Gasteiger partial charge in [-0.25, -0.2) is 14.4 Å². The fraction of sp³-hybridized carbons (Fsp3) is 0.450. The first-order valence-electron chi connectivity index (χ1n) is 9.01. The van der Waals surface area contributed by atoms with Crippen LogP contribution in [0.4, 0.5) is 4.39 Å². The largest absolute Gasteiger partial charge is 0.375 e. The molecule has 5 nitrogen and oxygen atoms in total. The summed E-state index contributed by atoms with van der Waals surface area (Å²) >= 11 is 0. The zero-order valence-electron chi connectivity index (χ0n) is 15.0. The highest BCUT2D eigenvalue weighted by Crippen LogP contribution is 2.14. The summed E-state index contributed by atoms with van der Waals surface area (Å²) < 4.78 is 19.0. The summed E-state index contributed by atoms with van der Waals surface area (Å²) in [4.78, 5) is 22.7. The van der Waals surface area contributed by atoms with Gasteiger partial charge in [0.1, 0.15) is 12.1 Å². The summed E-state index contributed by atoms with van der Waals surface area (Å²) in [6, 6.07) is 8.40. The first kappa shape index (κ1) is 18.5. The van der Waals surface area contributed by atoms with Crippen LogP contribution >= 0.6 is 0 Å². The number of hydrogen-bond donors (Lipinski definition) is 0. The van der Waals surface area contributed by atoms with E-state index < -0.39 is 0 Å². The van der Waals surface area contributed by atoms with Crippen molar-refractivity contribution in [2.45, 2.75) is 38.7 Å². The monoisotopic (exact) mass is 357 g/mol. The highest BCUT2D eigenvalue weighted by Gasteiger charge is 2.24. The predicted molar refractivity (Wildman–Crippen MR) is 96.1 cm³/mol. The van der Waals surface area contributed by atoms with Crippen LogP contribution in [0.5, 0.6) is 0 Å². The number of rotatable bonds is 6. The molecule has 2 heterocycles. The summed E-state index contributed by atoms with van der Waals surface area (Å²) in [5.74, 6) is -0.165. The average Bonchev–Trinajstić information content (AvgIpc) is 2.65. The summed E-state index contributed by atoms with van der Waals surface area (Å²) in [6.45, 7) is 3.72. The number of morpholine rings is 1. The van der Waals surface area contributed by atoms with Crippen LogP contribution in [0.2, 0.25) is 0 Å². The third kappa shape index (κ3) is 5.33. The standard InChI is InChI=1S/C20H24FN3O2/c1-15-11-18(23-14-22-15)6-7-19-13-24(9-10-26-19)20(25)8-5-16-3-2-4-17(21)12-16/h2-4,11-12,14,19H,5-10,13H2,1H3. The van der Waals surface area contributed by atoms with Gasteiger partial charge in [0.2, 0.25) is 5.91 Å². The van der Waals surface area contributed by atoms with Crippen LogP contribution in [0.1, 0.15) is 29.8 Å². The van der Waals surface area contributed by atoms with Crippen LogP contribution < -0.4 is 0 Å². The number of carbonyl (C=O) groups excluding carboxylic acids is 1. The van der Waals surface area contributed by atoms with Crippen LogP contribution in [-0.2, 0) is 22.4 Å². The van der Waals surface area contributed by atoms with Gasteiger partial charge in [-0.15, -0.1) is 0 Å². The lowest BCUT2D eigenvalue weighted by Gasteiger charge is -2.33. The van der Waals surface area contributed by atoms with Crippen molar-refractivity contribution in [3.05, 3.63) is 59.4 Å². The Kier molecular flexibility index (Phi) is 6.28. The summed E-state index contributed by atoms with van der Waals surface area (Å²) in [5.41, 5.74) is 2.80. The lowest BCUT2D eigenvalue weighted by molar-refractivity contribution is -0.138. The van der Waals surface area contributed by atoms with Gasteiger partial charge in [0.15, 0.2) is 0 Å². The number of halogens is 1. The van der Waals surface area contributed by atoms with Crippen LogP contribution in [0.3, 0.4) is 0 Å². The molecular weight excluding hydrogens is 333 g/mol. The maximum Gasteiger partial charge on any atom is 0.223 e. The normalized spacial score (nSPS) is 17.3. The minimum absolute atomic E-state index is 0.0251. The first-order valence-corrected chi connectivity index (χ1v) is 9.01. The minimum atomic E-state index is -0.263. The maximum absolute atomic E-state index is 13.2. The van der Waals surface area contributed by atoms with E-state index >= 15 is 0 Å². The second kappa shape index (κ2) is 8.85. The maximum atomic E-state index is 13.2. The molecule has 0 saturated carbocycles. The highest BCUT2D eigenvalue weighted by atomic mass is 19.1. The molecular formula is C20H24FN3O2. The van der Waals surface area contributed by atoms with Crippen LogP contribution in [0.25, 0.3) is 0 Å². The quantitative estimate of drug-likeness (QED) is 0.798. The molecule has 1 aliphatic heterocycles. The summed E-state index contributed by atoms with van der Waals surface area (Å²) in [7, 11) is 0. The molecule has 1 aromatic heterocycles. The van der Waals surface area contributed by atoms with E-state index in [0.29, 0.717) is 32.5 Å². The Morgan fingerprint density at radius 3 is 3.00 bits per heavy atom. The van der Waals surface area contributed by atoms with E-state index in [0.717, 1.165) is 29.8 Å². The van der Waals surface area contributed by atoms with Crippen molar-refractivity contribution in [1.29, 1.82) is 0 Å². The molecule has 1 aliphatic rings. The van der Waals surface area contributed by atoms with Gasteiger partial charge < -0.3 is 9.64 Å². The van der Waals surface area contributed by atoms with Gasteiger partial charge in [-0.2, -0.15) is 0 Å². The van der Waals surface area contributed by atoms with Crippen LogP contribution in [0, 0.1) is 12.7 Å². The molecule has 1 atom stereocenters. The van der Waals surface area contributed by atoms with E-state index in [9.17, 15) is 9.18 Å². The number of benzene rings is 1. The number of ether oxygens (including phenoxy) is 1. The molecule has 26 heavy (non-hydrogen) atoms. The molecule has 1 saturated heterocycles. The molecule has 0 aliphatic carbocycles. The Balaban J connectivity index is 1.47. The molecule has 138 valence electrons. The fourth-order valence-corrected chi connectivity index (χ4v) is 3.18. The molecule has 1 fully saturated rings. The van der Waals surface area contributed by atoms with E-state index in [2.05, 4.69) is 9.97 Å². The van der Waals surface area contributed by atoms with Gasteiger partial charge in [-0.3, -0.25) is 4.79 Å². The Morgan fingerprint density at radius 1 is 1.31 bits per heavy atom. The molecule has 1 aromatic carbocycles. The predicted octanol–water partition coefficient (Wildman–Crippen LogP) is 2.72. The molecule has 1 amide bonds. The molecule has 0 bridgehead atoms. The topological polar surface area (TPSA) is 55.3 Å². The van der Waals surface area contributed by atoms with Crippen molar-refractivity contribution in [3.63, 3.8) is 0 Å². The van der Waals surface area contributed by atoms with E-state index in [1.54, 1.807) is 12.4 Å².